The lowest BCUT2D eigenvalue weighted by Gasteiger charge is -2.15. The summed E-state index contributed by atoms with van der Waals surface area (Å²) in [4.78, 5) is 0. The van der Waals surface area contributed by atoms with Gasteiger partial charge in [-0.1, -0.05) is 31.2 Å². The normalized spacial score (nSPS) is 24.1. The van der Waals surface area contributed by atoms with Crippen LogP contribution in [-0.2, 0) is 17.7 Å². The van der Waals surface area contributed by atoms with Gasteiger partial charge in [0.2, 0.25) is 0 Å². The number of hydrogen-bond donors (Lipinski definition) is 1. The van der Waals surface area contributed by atoms with Crippen LogP contribution in [0.5, 0.6) is 0 Å². The maximum absolute atomic E-state index is 5.57. The van der Waals surface area contributed by atoms with Gasteiger partial charge in [0, 0.05) is 19.7 Å². The van der Waals surface area contributed by atoms with Crippen LogP contribution in [0.3, 0.4) is 0 Å². The first kappa shape index (κ1) is 12.6. The molecule has 1 aliphatic rings. The van der Waals surface area contributed by atoms with Crippen LogP contribution in [0.4, 0.5) is 0 Å². The molecular weight excluding hydrogens is 210 g/mol. The molecule has 2 unspecified atom stereocenters. The average Bonchev–Trinajstić information content (AvgIpc) is 2.76. The Hall–Kier alpha value is -0.860. The van der Waals surface area contributed by atoms with Crippen molar-refractivity contribution in [3.63, 3.8) is 0 Å². The first-order valence-corrected chi connectivity index (χ1v) is 6.70. The van der Waals surface area contributed by atoms with Crippen LogP contribution < -0.4 is 5.32 Å². The maximum atomic E-state index is 5.57. The van der Waals surface area contributed by atoms with Crippen LogP contribution in [0.15, 0.2) is 24.3 Å². The standard InChI is InChI=1S/C15H23NO/c1-3-13-6-4-5-7-15(13)11-16-10-14-8-9-17-12(14)2/h4-7,12,14,16H,3,8-11H2,1-2H3. The molecule has 1 heterocycles. The molecule has 0 aliphatic carbocycles. The minimum absolute atomic E-state index is 0.420. The predicted molar refractivity (Wildman–Crippen MR) is 71.0 cm³/mol. The highest BCUT2D eigenvalue weighted by atomic mass is 16.5. The van der Waals surface area contributed by atoms with Gasteiger partial charge in [0.05, 0.1) is 6.10 Å². The topological polar surface area (TPSA) is 21.3 Å². The Labute approximate surface area is 104 Å². The van der Waals surface area contributed by atoms with E-state index in [2.05, 4.69) is 43.4 Å². The fraction of sp³-hybridized carbons (Fsp3) is 0.600. The molecule has 2 heteroatoms. The molecule has 2 atom stereocenters. The van der Waals surface area contributed by atoms with Crippen LogP contribution in [0.1, 0.15) is 31.4 Å². The number of ether oxygens (including phenoxy) is 1. The van der Waals surface area contributed by atoms with E-state index in [1.165, 1.54) is 17.5 Å². The molecule has 1 aromatic rings. The fourth-order valence-electron chi connectivity index (χ4n) is 2.51. The summed E-state index contributed by atoms with van der Waals surface area (Å²) in [6.07, 6.45) is 2.73. The highest BCUT2D eigenvalue weighted by Crippen LogP contribution is 2.19. The molecule has 1 saturated heterocycles. The molecule has 2 nitrogen and oxygen atoms in total. The van der Waals surface area contributed by atoms with Gasteiger partial charge in [-0.25, -0.2) is 0 Å². The molecule has 2 rings (SSSR count). The SMILES string of the molecule is CCc1ccccc1CNCC1CCOC1C. The van der Waals surface area contributed by atoms with Gasteiger partial charge in [0.1, 0.15) is 0 Å². The largest absolute Gasteiger partial charge is 0.378 e. The van der Waals surface area contributed by atoms with Gasteiger partial charge >= 0.3 is 0 Å². The zero-order valence-electron chi connectivity index (χ0n) is 10.9. The molecule has 0 amide bonds. The molecule has 94 valence electrons. The summed E-state index contributed by atoms with van der Waals surface area (Å²) < 4.78 is 5.57. The Morgan fingerprint density at radius 2 is 2.06 bits per heavy atom. The summed E-state index contributed by atoms with van der Waals surface area (Å²) in [5.41, 5.74) is 2.89. The van der Waals surface area contributed by atoms with Crippen molar-refractivity contribution in [2.45, 2.75) is 39.3 Å². The lowest BCUT2D eigenvalue weighted by atomic mass is 10.0. The predicted octanol–water partition coefficient (Wildman–Crippen LogP) is 2.76. The summed E-state index contributed by atoms with van der Waals surface area (Å²) in [6.45, 7) is 7.37. The van der Waals surface area contributed by atoms with Gasteiger partial charge in [-0.2, -0.15) is 0 Å². The Balaban J connectivity index is 1.81. The first-order chi connectivity index (χ1) is 8.31. The monoisotopic (exact) mass is 233 g/mol. The molecule has 0 bridgehead atoms. The quantitative estimate of drug-likeness (QED) is 0.844. The third-order valence-corrected chi connectivity index (χ3v) is 3.75. The number of benzene rings is 1. The van der Waals surface area contributed by atoms with Crippen LogP contribution in [0, 0.1) is 5.92 Å². The van der Waals surface area contributed by atoms with Crippen LogP contribution in [0.2, 0.25) is 0 Å². The van der Waals surface area contributed by atoms with Gasteiger partial charge < -0.3 is 10.1 Å². The van der Waals surface area contributed by atoms with E-state index in [9.17, 15) is 0 Å². The van der Waals surface area contributed by atoms with Crippen molar-refractivity contribution in [3.8, 4) is 0 Å². The van der Waals surface area contributed by atoms with E-state index in [0.717, 1.165) is 26.1 Å². The summed E-state index contributed by atoms with van der Waals surface area (Å²) in [6, 6.07) is 8.69. The van der Waals surface area contributed by atoms with Crippen molar-refractivity contribution in [2.75, 3.05) is 13.2 Å². The highest BCUT2D eigenvalue weighted by molar-refractivity contribution is 5.26. The number of hydrogen-bond acceptors (Lipinski definition) is 2. The minimum Gasteiger partial charge on any atom is -0.378 e. The van der Waals surface area contributed by atoms with Crippen molar-refractivity contribution in [1.29, 1.82) is 0 Å². The summed E-state index contributed by atoms with van der Waals surface area (Å²) in [7, 11) is 0. The van der Waals surface area contributed by atoms with Crippen molar-refractivity contribution in [3.05, 3.63) is 35.4 Å². The van der Waals surface area contributed by atoms with Gasteiger partial charge in [-0.15, -0.1) is 0 Å². The second-order valence-corrected chi connectivity index (χ2v) is 4.88. The van der Waals surface area contributed by atoms with Crippen molar-refractivity contribution >= 4 is 0 Å². The summed E-state index contributed by atoms with van der Waals surface area (Å²) in [5.74, 6) is 0.684. The maximum Gasteiger partial charge on any atom is 0.0588 e. The second kappa shape index (κ2) is 6.18. The van der Waals surface area contributed by atoms with Crippen molar-refractivity contribution in [2.24, 2.45) is 5.92 Å². The van der Waals surface area contributed by atoms with Crippen LogP contribution in [-0.4, -0.2) is 19.3 Å². The van der Waals surface area contributed by atoms with E-state index in [1.54, 1.807) is 0 Å². The average molecular weight is 233 g/mol. The van der Waals surface area contributed by atoms with Gasteiger partial charge in [-0.3, -0.25) is 0 Å². The molecule has 1 N–H and O–H groups in total. The molecule has 1 fully saturated rings. The van der Waals surface area contributed by atoms with E-state index in [4.69, 9.17) is 4.74 Å². The Kier molecular flexibility index (Phi) is 4.57. The Morgan fingerprint density at radius 3 is 2.71 bits per heavy atom. The molecule has 17 heavy (non-hydrogen) atoms. The van der Waals surface area contributed by atoms with Crippen LogP contribution in [0.25, 0.3) is 0 Å². The molecule has 0 aromatic heterocycles. The zero-order valence-corrected chi connectivity index (χ0v) is 10.9. The second-order valence-electron chi connectivity index (χ2n) is 4.88. The molecule has 1 aliphatic heterocycles. The summed E-state index contributed by atoms with van der Waals surface area (Å²) >= 11 is 0. The van der Waals surface area contributed by atoms with Gasteiger partial charge in [0.15, 0.2) is 0 Å². The molecule has 0 saturated carbocycles. The number of nitrogens with one attached hydrogen (secondary N) is 1. The lowest BCUT2D eigenvalue weighted by Crippen LogP contribution is -2.26. The minimum atomic E-state index is 0.420. The fourth-order valence-corrected chi connectivity index (χ4v) is 2.51. The van der Waals surface area contributed by atoms with Crippen molar-refractivity contribution < 1.29 is 4.74 Å². The number of rotatable bonds is 5. The zero-order chi connectivity index (χ0) is 12.1. The van der Waals surface area contributed by atoms with Gasteiger partial charge in [-0.05, 0) is 36.8 Å². The lowest BCUT2D eigenvalue weighted by molar-refractivity contribution is 0.105. The molecule has 0 spiro atoms. The molecule has 1 aromatic carbocycles. The first-order valence-electron chi connectivity index (χ1n) is 6.70. The van der Waals surface area contributed by atoms with E-state index < -0.39 is 0 Å². The molecular formula is C15H23NO. The van der Waals surface area contributed by atoms with Gasteiger partial charge in [0.25, 0.3) is 0 Å². The third kappa shape index (κ3) is 3.30. The van der Waals surface area contributed by atoms with Crippen molar-refractivity contribution in [1.82, 2.24) is 5.32 Å². The summed E-state index contributed by atoms with van der Waals surface area (Å²) in [5, 5.41) is 3.57. The Bertz CT molecular complexity index is 351. The Morgan fingerprint density at radius 1 is 1.29 bits per heavy atom. The molecule has 0 radical (unpaired) electrons. The van der Waals surface area contributed by atoms with E-state index >= 15 is 0 Å². The number of aryl methyl sites for hydroxylation is 1. The van der Waals surface area contributed by atoms with E-state index in [0.29, 0.717) is 12.0 Å². The van der Waals surface area contributed by atoms with Crippen LogP contribution >= 0.6 is 0 Å². The van der Waals surface area contributed by atoms with E-state index in [1.807, 2.05) is 0 Å². The smallest absolute Gasteiger partial charge is 0.0588 e. The highest BCUT2D eigenvalue weighted by Gasteiger charge is 2.23. The van der Waals surface area contributed by atoms with E-state index in [-0.39, 0.29) is 0 Å². The third-order valence-electron chi connectivity index (χ3n) is 3.75.